The zero-order chi connectivity index (χ0) is 9.10. The normalized spacial score (nSPS) is 23.2. The lowest BCUT2D eigenvalue weighted by Gasteiger charge is -2.32. The van der Waals surface area contributed by atoms with E-state index in [0.29, 0.717) is 6.61 Å². The average molecular weight is 179 g/mol. The van der Waals surface area contributed by atoms with Crippen molar-refractivity contribution in [3.05, 3.63) is 24.5 Å². The molecule has 70 valence electrons. The summed E-state index contributed by atoms with van der Waals surface area (Å²) in [5, 5.41) is 0. The predicted molar refractivity (Wildman–Crippen MR) is 50.4 cm³/mol. The third-order valence-corrected chi connectivity index (χ3v) is 2.10. The number of hydrogen-bond donors (Lipinski definition) is 1. The van der Waals surface area contributed by atoms with Crippen LogP contribution >= 0.6 is 0 Å². The van der Waals surface area contributed by atoms with E-state index < -0.39 is 0 Å². The molecule has 0 radical (unpaired) electrons. The highest BCUT2D eigenvalue weighted by molar-refractivity contribution is 5.43. The minimum absolute atomic E-state index is 0.172. The van der Waals surface area contributed by atoms with E-state index in [1.165, 1.54) is 0 Å². The second-order valence-corrected chi connectivity index (χ2v) is 3.07. The van der Waals surface area contributed by atoms with E-state index in [0.717, 1.165) is 18.8 Å². The van der Waals surface area contributed by atoms with Crippen LogP contribution in [0.3, 0.4) is 0 Å². The van der Waals surface area contributed by atoms with Gasteiger partial charge in [0.25, 0.3) is 0 Å². The smallest absolute Gasteiger partial charge is 0.123 e. The van der Waals surface area contributed by atoms with Crippen LogP contribution in [0.5, 0.6) is 0 Å². The van der Waals surface area contributed by atoms with Crippen LogP contribution in [0, 0.1) is 0 Å². The number of ether oxygens (including phenoxy) is 1. The number of nitrogens with zero attached hydrogens (tertiary/aromatic N) is 2. The molecule has 1 aliphatic rings. The van der Waals surface area contributed by atoms with Crippen molar-refractivity contribution in [2.45, 2.75) is 6.23 Å². The quantitative estimate of drug-likeness (QED) is 0.669. The first-order valence-corrected chi connectivity index (χ1v) is 4.38. The summed E-state index contributed by atoms with van der Waals surface area (Å²) in [6, 6.07) is 3.96. The van der Waals surface area contributed by atoms with Crippen molar-refractivity contribution in [3.8, 4) is 0 Å². The highest BCUT2D eigenvalue weighted by atomic mass is 16.5. The topological polar surface area (TPSA) is 51.4 Å². The molecule has 0 spiro atoms. The first-order chi connectivity index (χ1) is 6.36. The van der Waals surface area contributed by atoms with E-state index >= 15 is 0 Å². The second kappa shape index (κ2) is 3.72. The van der Waals surface area contributed by atoms with Gasteiger partial charge in [-0.25, -0.2) is 0 Å². The largest absolute Gasteiger partial charge is 0.364 e. The molecular formula is C9H13N3O. The minimum atomic E-state index is -0.172. The Morgan fingerprint density at radius 1 is 1.62 bits per heavy atom. The Kier molecular flexibility index (Phi) is 2.42. The van der Waals surface area contributed by atoms with Crippen molar-refractivity contribution in [1.82, 2.24) is 4.98 Å². The molecule has 0 aliphatic carbocycles. The standard InChI is InChI=1S/C9H13N3O/c10-9-7-12(4-5-13-9)8-2-1-3-11-6-8/h1-3,6,9H,4-5,7,10H2. The molecule has 1 unspecified atom stereocenters. The van der Waals surface area contributed by atoms with Gasteiger partial charge in [0.1, 0.15) is 6.23 Å². The lowest BCUT2D eigenvalue weighted by Crippen LogP contribution is -2.46. The molecule has 0 bridgehead atoms. The SMILES string of the molecule is NC1CN(c2cccnc2)CCO1. The van der Waals surface area contributed by atoms with Crippen LogP contribution in [-0.2, 0) is 4.74 Å². The maximum absolute atomic E-state index is 5.68. The van der Waals surface area contributed by atoms with Crippen molar-refractivity contribution in [3.63, 3.8) is 0 Å². The highest BCUT2D eigenvalue weighted by Crippen LogP contribution is 2.13. The van der Waals surface area contributed by atoms with Crippen molar-refractivity contribution in [2.24, 2.45) is 5.73 Å². The zero-order valence-corrected chi connectivity index (χ0v) is 7.39. The average Bonchev–Trinajstić information content (AvgIpc) is 2.19. The molecule has 2 N–H and O–H groups in total. The van der Waals surface area contributed by atoms with Gasteiger partial charge in [0.15, 0.2) is 0 Å². The van der Waals surface area contributed by atoms with Gasteiger partial charge in [-0.2, -0.15) is 0 Å². The van der Waals surface area contributed by atoms with Gasteiger partial charge < -0.3 is 15.4 Å². The van der Waals surface area contributed by atoms with Crippen LogP contribution < -0.4 is 10.6 Å². The molecule has 0 saturated carbocycles. The summed E-state index contributed by atoms with van der Waals surface area (Å²) in [5.74, 6) is 0. The summed E-state index contributed by atoms with van der Waals surface area (Å²) in [6.07, 6.45) is 3.44. The summed E-state index contributed by atoms with van der Waals surface area (Å²) in [6.45, 7) is 2.32. The molecule has 4 heteroatoms. The van der Waals surface area contributed by atoms with Crippen LogP contribution in [0.1, 0.15) is 0 Å². The number of rotatable bonds is 1. The molecule has 1 fully saturated rings. The van der Waals surface area contributed by atoms with Gasteiger partial charge >= 0.3 is 0 Å². The molecule has 1 atom stereocenters. The summed E-state index contributed by atoms with van der Waals surface area (Å²) < 4.78 is 5.25. The predicted octanol–water partition coefficient (Wildman–Crippen LogP) is 0.203. The zero-order valence-electron chi connectivity index (χ0n) is 7.39. The van der Waals surface area contributed by atoms with Crippen LogP contribution in [0.2, 0.25) is 0 Å². The number of anilines is 1. The second-order valence-electron chi connectivity index (χ2n) is 3.07. The van der Waals surface area contributed by atoms with E-state index in [4.69, 9.17) is 10.5 Å². The first kappa shape index (κ1) is 8.47. The van der Waals surface area contributed by atoms with Crippen LogP contribution in [0.4, 0.5) is 5.69 Å². The van der Waals surface area contributed by atoms with E-state index in [9.17, 15) is 0 Å². The number of pyridine rings is 1. The minimum Gasteiger partial charge on any atom is -0.364 e. The highest BCUT2D eigenvalue weighted by Gasteiger charge is 2.16. The van der Waals surface area contributed by atoms with E-state index in [1.54, 1.807) is 6.20 Å². The number of morpholine rings is 1. The molecule has 1 aromatic heterocycles. The molecule has 1 saturated heterocycles. The molecule has 0 aromatic carbocycles. The fourth-order valence-electron chi connectivity index (χ4n) is 1.45. The Hall–Kier alpha value is -1.13. The Morgan fingerprint density at radius 3 is 3.23 bits per heavy atom. The lowest BCUT2D eigenvalue weighted by molar-refractivity contribution is 0.0451. The Labute approximate surface area is 77.3 Å². The molecule has 2 rings (SSSR count). The van der Waals surface area contributed by atoms with Crippen LogP contribution in [0.15, 0.2) is 24.5 Å². The third-order valence-electron chi connectivity index (χ3n) is 2.10. The molecular weight excluding hydrogens is 166 g/mol. The van der Waals surface area contributed by atoms with Gasteiger partial charge in [0.2, 0.25) is 0 Å². The number of aromatic nitrogens is 1. The Balaban J connectivity index is 2.08. The summed E-state index contributed by atoms with van der Waals surface area (Å²) in [4.78, 5) is 6.24. The first-order valence-electron chi connectivity index (χ1n) is 4.38. The van der Waals surface area contributed by atoms with Crippen molar-refractivity contribution >= 4 is 5.69 Å². The van der Waals surface area contributed by atoms with Gasteiger partial charge in [-0.05, 0) is 12.1 Å². The molecule has 4 nitrogen and oxygen atoms in total. The maximum atomic E-state index is 5.68. The van der Waals surface area contributed by atoms with Gasteiger partial charge in [0, 0.05) is 12.7 Å². The molecule has 1 aromatic rings. The van der Waals surface area contributed by atoms with E-state index in [2.05, 4.69) is 9.88 Å². The third kappa shape index (κ3) is 1.96. The maximum Gasteiger partial charge on any atom is 0.123 e. The van der Waals surface area contributed by atoms with E-state index in [-0.39, 0.29) is 6.23 Å². The number of nitrogens with two attached hydrogens (primary N) is 1. The number of hydrogen-bond acceptors (Lipinski definition) is 4. The Morgan fingerprint density at radius 2 is 2.54 bits per heavy atom. The fourth-order valence-corrected chi connectivity index (χ4v) is 1.45. The molecule has 2 heterocycles. The van der Waals surface area contributed by atoms with Crippen molar-refractivity contribution in [2.75, 3.05) is 24.6 Å². The van der Waals surface area contributed by atoms with Gasteiger partial charge in [-0.1, -0.05) is 0 Å². The fraction of sp³-hybridized carbons (Fsp3) is 0.444. The molecule has 1 aliphatic heterocycles. The van der Waals surface area contributed by atoms with Crippen molar-refractivity contribution < 1.29 is 4.74 Å². The molecule has 13 heavy (non-hydrogen) atoms. The monoisotopic (exact) mass is 179 g/mol. The lowest BCUT2D eigenvalue weighted by atomic mass is 10.3. The summed E-state index contributed by atoms with van der Waals surface area (Å²) in [5.41, 5.74) is 6.79. The van der Waals surface area contributed by atoms with Gasteiger partial charge in [-0.15, -0.1) is 0 Å². The summed E-state index contributed by atoms with van der Waals surface area (Å²) >= 11 is 0. The Bertz CT molecular complexity index is 265. The van der Waals surface area contributed by atoms with Crippen molar-refractivity contribution in [1.29, 1.82) is 0 Å². The summed E-state index contributed by atoms with van der Waals surface area (Å²) in [7, 11) is 0. The van der Waals surface area contributed by atoms with Gasteiger partial charge in [-0.3, -0.25) is 4.98 Å². The van der Waals surface area contributed by atoms with E-state index in [1.807, 2.05) is 18.3 Å². The van der Waals surface area contributed by atoms with Crippen LogP contribution in [-0.4, -0.2) is 30.9 Å². The molecule has 0 amide bonds. The van der Waals surface area contributed by atoms with Crippen LogP contribution in [0.25, 0.3) is 0 Å². The van der Waals surface area contributed by atoms with Gasteiger partial charge in [0.05, 0.1) is 25.0 Å².